The summed E-state index contributed by atoms with van der Waals surface area (Å²) in [5, 5.41) is 9.03. The van der Waals surface area contributed by atoms with E-state index in [9.17, 15) is 8.42 Å². The number of hydrogen-bond donors (Lipinski definition) is 2. The first-order valence-electron chi connectivity index (χ1n) is 5.39. The Balaban J connectivity index is 2.18. The second-order valence-electron chi connectivity index (χ2n) is 4.12. The van der Waals surface area contributed by atoms with Crippen LogP contribution in [-0.2, 0) is 28.4 Å². The van der Waals surface area contributed by atoms with Crippen molar-refractivity contribution < 1.29 is 18.3 Å². The van der Waals surface area contributed by atoms with Gasteiger partial charge in [-0.3, -0.25) is 0 Å². The number of aryl methyl sites for hydroxylation is 1. The first kappa shape index (κ1) is 12.6. The zero-order valence-electron chi connectivity index (χ0n) is 9.59. The van der Waals surface area contributed by atoms with E-state index in [-0.39, 0.29) is 17.5 Å². The number of hydrogen-bond acceptors (Lipinski definition) is 4. The molecular weight excluding hydrogens is 244 g/mol. The Bertz CT molecular complexity index is 488. The van der Waals surface area contributed by atoms with E-state index in [4.69, 9.17) is 9.84 Å². The van der Waals surface area contributed by atoms with Gasteiger partial charge in [-0.05, 0) is 12.5 Å². The minimum atomic E-state index is -3.52. The van der Waals surface area contributed by atoms with Crippen LogP contribution in [0.15, 0.2) is 17.2 Å². The molecule has 6 nitrogen and oxygen atoms in total. The second kappa shape index (κ2) is 4.77. The molecule has 96 valence electrons. The molecule has 1 atom stereocenters. The lowest BCUT2D eigenvalue weighted by atomic mass is 10.3. The zero-order chi connectivity index (χ0) is 12.5. The molecule has 0 saturated carbocycles. The maximum Gasteiger partial charge on any atom is 0.242 e. The number of nitrogens with zero attached hydrogens (tertiary/aromatic N) is 1. The highest BCUT2D eigenvalue weighted by Crippen LogP contribution is 2.15. The van der Waals surface area contributed by atoms with Gasteiger partial charge in [-0.25, -0.2) is 13.1 Å². The van der Waals surface area contributed by atoms with Gasteiger partial charge in [0.2, 0.25) is 10.0 Å². The van der Waals surface area contributed by atoms with Crippen LogP contribution in [-0.4, -0.2) is 37.3 Å². The monoisotopic (exact) mass is 260 g/mol. The highest BCUT2D eigenvalue weighted by atomic mass is 32.2. The first-order chi connectivity index (χ1) is 8.03. The molecule has 0 aromatic carbocycles. The van der Waals surface area contributed by atoms with Crippen LogP contribution >= 0.6 is 0 Å². The molecule has 0 spiro atoms. The van der Waals surface area contributed by atoms with Crippen molar-refractivity contribution in [1.29, 1.82) is 0 Å². The average molecular weight is 260 g/mol. The molecule has 1 aromatic rings. The Labute approximate surface area is 100 Å². The minimum Gasteiger partial charge on any atom is -0.390 e. The summed E-state index contributed by atoms with van der Waals surface area (Å²) in [4.78, 5) is 0.177. The van der Waals surface area contributed by atoms with Gasteiger partial charge in [-0.1, -0.05) is 0 Å². The van der Waals surface area contributed by atoms with E-state index in [1.807, 2.05) is 0 Å². The van der Waals surface area contributed by atoms with Gasteiger partial charge in [0.15, 0.2) is 0 Å². The lowest BCUT2D eigenvalue weighted by Gasteiger charge is -2.09. The number of sulfonamides is 1. The van der Waals surface area contributed by atoms with Crippen molar-refractivity contribution in [1.82, 2.24) is 9.29 Å². The maximum absolute atomic E-state index is 12.0. The topological polar surface area (TPSA) is 80.6 Å². The molecule has 2 rings (SSSR count). The van der Waals surface area contributed by atoms with Gasteiger partial charge in [-0.15, -0.1) is 0 Å². The smallest absolute Gasteiger partial charge is 0.242 e. The van der Waals surface area contributed by atoms with Crippen LogP contribution < -0.4 is 4.72 Å². The molecule has 2 heterocycles. The van der Waals surface area contributed by atoms with E-state index >= 15 is 0 Å². The minimum absolute atomic E-state index is 0.155. The molecule has 1 fully saturated rings. The van der Waals surface area contributed by atoms with Crippen LogP contribution in [0.2, 0.25) is 0 Å². The normalized spacial score (nSPS) is 20.9. The third-order valence-electron chi connectivity index (χ3n) is 2.81. The van der Waals surface area contributed by atoms with Crippen LogP contribution in [0.25, 0.3) is 0 Å². The molecule has 1 aliphatic heterocycles. The summed E-state index contributed by atoms with van der Waals surface area (Å²) >= 11 is 0. The third kappa shape index (κ3) is 2.68. The summed E-state index contributed by atoms with van der Waals surface area (Å²) < 4.78 is 33.3. The molecule has 2 N–H and O–H groups in total. The summed E-state index contributed by atoms with van der Waals surface area (Å²) in [6, 6.07) is 1.32. The van der Waals surface area contributed by atoms with Crippen LogP contribution in [0, 0.1) is 0 Å². The van der Waals surface area contributed by atoms with Gasteiger partial charge in [0.1, 0.15) is 0 Å². The second-order valence-corrected chi connectivity index (χ2v) is 5.83. The number of aliphatic hydroxyl groups excluding tert-OH is 1. The van der Waals surface area contributed by atoms with Gasteiger partial charge in [0.25, 0.3) is 0 Å². The van der Waals surface area contributed by atoms with E-state index < -0.39 is 10.0 Å². The van der Waals surface area contributed by atoms with Crippen LogP contribution in [0.1, 0.15) is 12.1 Å². The molecule has 0 radical (unpaired) electrons. The van der Waals surface area contributed by atoms with Crippen molar-refractivity contribution in [3.63, 3.8) is 0 Å². The molecule has 1 aliphatic rings. The number of rotatable bonds is 4. The van der Waals surface area contributed by atoms with Crippen molar-refractivity contribution in [2.75, 3.05) is 13.2 Å². The predicted octanol–water partition coefficient (Wildman–Crippen LogP) is -0.415. The SMILES string of the molecule is Cn1cc(S(=O)(=O)NC2CCOC2)cc1CO. The van der Waals surface area contributed by atoms with Gasteiger partial charge in [-0.2, -0.15) is 0 Å². The number of ether oxygens (including phenoxy) is 1. The van der Waals surface area contributed by atoms with Crippen molar-refractivity contribution in [2.24, 2.45) is 7.05 Å². The quantitative estimate of drug-likeness (QED) is 0.771. The fourth-order valence-corrected chi connectivity index (χ4v) is 3.15. The number of aromatic nitrogens is 1. The summed E-state index contributed by atoms with van der Waals surface area (Å²) in [7, 11) is -1.82. The Morgan fingerprint density at radius 3 is 2.94 bits per heavy atom. The Kier molecular flexibility index (Phi) is 3.53. The lowest BCUT2D eigenvalue weighted by Crippen LogP contribution is -2.34. The summed E-state index contributed by atoms with van der Waals surface area (Å²) in [5.74, 6) is 0. The molecule has 1 saturated heterocycles. The molecule has 1 unspecified atom stereocenters. The Morgan fingerprint density at radius 1 is 1.65 bits per heavy atom. The lowest BCUT2D eigenvalue weighted by molar-refractivity contribution is 0.192. The summed E-state index contributed by atoms with van der Waals surface area (Å²) in [5.41, 5.74) is 0.563. The molecular formula is C10H16N2O4S. The molecule has 1 aromatic heterocycles. The highest BCUT2D eigenvalue weighted by molar-refractivity contribution is 7.89. The van der Waals surface area contributed by atoms with E-state index in [0.717, 1.165) is 0 Å². The van der Waals surface area contributed by atoms with Gasteiger partial charge >= 0.3 is 0 Å². The van der Waals surface area contributed by atoms with Crippen molar-refractivity contribution in [3.05, 3.63) is 18.0 Å². The fourth-order valence-electron chi connectivity index (χ4n) is 1.80. The van der Waals surface area contributed by atoms with E-state index in [1.165, 1.54) is 12.3 Å². The van der Waals surface area contributed by atoms with Crippen LogP contribution in [0.3, 0.4) is 0 Å². The third-order valence-corrected chi connectivity index (χ3v) is 4.29. The van der Waals surface area contributed by atoms with Crippen LogP contribution in [0.5, 0.6) is 0 Å². The Hall–Kier alpha value is -0.890. The number of nitrogens with one attached hydrogen (secondary N) is 1. The average Bonchev–Trinajstić information content (AvgIpc) is 2.87. The van der Waals surface area contributed by atoms with Crippen molar-refractivity contribution in [3.8, 4) is 0 Å². The molecule has 7 heteroatoms. The van der Waals surface area contributed by atoms with Gasteiger partial charge in [0, 0.05) is 31.6 Å². The standard InChI is InChI=1S/C10H16N2O4S/c1-12-5-10(4-9(12)6-13)17(14,15)11-8-2-3-16-7-8/h4-5,8,11,13H,2-3,6-7H2,1H3. The van der Waals surface area contributed by atoms with Crippen LogP contribution in [0.4, 0.5) is 0 Å². The fraction of sp³-hybridized carbons (Fsp3) is 0.600. The predicted molar refractivity (Wildman–Crippen MR) is 60.9 cm³/mol. The van der Waals surface area contributed by atoms with Gasteiger partial charge in [0.05, 0.1) is 18.1 Å². The van der Waals surface area contributed by atoms with E-state index in [1.54, 1.807) is 11.6 Å². The number of aliphatic hydroxyl groups is 1. The van der Waals surface area contributed by atoms with Crippen molar-refractivity contribution >= 4 is 10.0 Å². The molecule has 0 aliphatic carbocycles. The molecule has 17 heavy (non-hydrogen) atoms. The van der Waals surface area contributed by atoms with Gasteiger partial charge < -0.3 is 14.4 Å². The van der Waals surface area contributed by atoms with E-state index in [2.05, 4.69) is 4.72 Å². The molecule has 0 bridgehead atoms. The highest BCUT2D eigenvalue weighted by Gasteiger charge is 2.24. The van der Waals surface area contributed by atoms with Crippen molar-refractivity contribution in [2.45, 2.75) is 24.0 Å². The first-order valence-corrected chi connectivity index (χ1v) is 6.87. The van der Waals surface area contributed by atoms with E-state index in [0.29, 0.717) is 25.3 Å². The Morgan fingerprint density at radius 2 is 2.41 bits per heavy atom. The summed E-state index contributed by atoms with van der Waals surface area (Å²) in [6.07, 6.45) is 2.18. The largest absolute Gasteiger partial charge is 0.390 e. The maximum atomic E-state index is 12.0. The summed E-state index contributed by atoms with van der Waals surface area (Å²) in [6.45, 7) is 0.821. The molecule has 0 amide bonds. The zero-order valence-corrected chi connectivity index (χ0v) is 10.4.